The summed E-state index contributed by atoms with van der Waals surface area (Å²) in [5.41, 5.74) is 1.58. The van der Waals surface area contributed by atoms with E-state index in [2.05, 4.69) is 16.0 Å². The second-order valence-corrected chi connectivity index (χ2v) is 4.39. The lowest BCUT2D eigenvalue weighted by atomic mass is 10.2. The van der Waals surface area contributed by atoms with Gasteiger partial charge >= 0.3 is 0 Å². The van der Waals surface area contributed by atoms with Gasteiger partial charge < -0.3 is 4.90 Å². The fraction of sp³-hybridized carbons (Fsp3) is 0.273. The third kappa shape index (κ3) is 2.31. The molecule has 1 aromatic rings. The van der Waals surface area contributed by atoms with Crippen LogP contribution in [0, 0.1) is 11.3 Å². The van der Waals surface area contributed by atoms with Crippen molar-refractivity contribution >= 4 is 22.6 Å². The second kappa shape index (κ2) is 4.37. The summed E-state index contributed by atoms with van der Waals surface area (Å²) in [5, 5.41) is 9.71. The van der Waals surface area contributed by atoms with Crippen molar-refractivity contribution in [3.8, 4) is 6.07 Å². The summed E-state index contributed by atoms with van der Waals surface area (Å²) < 4.78 is 0. The predicted molar refractivity (Wildman–Crippen MR) is 63.3 cm³/mol. The standard InChI is InChI=1S/C11H11N3S/c1-14-6-7-15-11(14)13-10-4-2-9(8-12)3-5-10/h2-5H,6-7H2,1H3. The van der Waals surface area contributed by atoms with Crippen LogP contribution >= 0.6 is 11.8 Å². The molecule has 76 valence electrons. The molecule has 1 aromatic carbocycles. The number of aliphatic imine (C=N–C) groups is 1. The van der Waals surface area contributed by atoms with Crippen molar-refractivity contribution in [1.29, 1.82) is 5.26 Å². The molecular formula is C11H11N3S. The molecule has 1 saturated heterocycles. The fourth-order valence-electron chi connectivity index (χ4n) is 1.32. The molecule has 0 spiro atoms. The Balaban J connectivity index is 2.20. The second-order valence-electron chi connectivity index (χ2n) is 3.32. The SMILES string of the molecule is CN1CCSC1=Nc1ccc(C#N)cc1. The maximum Gasteiger partial charge on any atom is 0.164 e. The first kappa shape index (κ1) is 10.1. The van der Waals surface area contributed by atoms with Crippen molar-refractivity contribution in [2.45, 2.75) is 0 Å². The topological polar surface area (TPSA) is 39.4 Å². The predicted octanol–water partition coefficient (Wildman–Crippen LogP) is 2.22. The number of rotatable bonds is 1. The summed E-state index contributed by atoms with van der Waals surface area (Å²) in [5.74, 6) is 1.10. The maximum absolute atomic E-state index is 8.66. The number of nitrogens with zero attached hydrogens (tertiary/aromatic N) is 3. The number of hydrogen-bond donors (Lipinski definition) is 0. The Bertz CT molecular complexity index is 416. The smallest absolute Gasteiger partial charge is 0.164 e. The largest absolute Gasteiger partial charge is 0.353 e. The highest BCUT2D eigenvalue weighted by Gasteiger charge is 2.14. The van der Waals surface area contributed by atoms with E-state index in [1.165, 1.54) is 0 Å². The summed E-state index contributed by atoms with van der Waals surface area (Å²) in [6.07, 6.45) is 0. The minimum Gasteiger partial charge on any atom is -0.353 e. The van der Waals surface area contributed by atoms with Crippen LogP contribution in [0.4, 0.5) is 5.69 Å². The normalized spacial score (nSPS) is 18.1. The molecule has 1 heterocycles. The highest BCUT2D eigenvalue weighted by molar-refractivity contribution is 8.14. The molecule has 0 saturated carbocycles. The van der Waals surface area contributed by atoms with Crippen molar-refractivity contribution in [3.63, 3.8) is 0 Å². The van der Waals surface area contributed by atoms with Gasteiger partial charge in [0, 0.05) is 19.3 Å². The molecule has 2 rings (SSSR count). The molecule has 0 aliphatic carbocycles. The van der Waals surface area contributed by atoms with Crippen LogP contribution in [0.5, 0.6) is 0 Å². The first-order valence-corrected chi connectivity index (χ1v) is 5.71. The molecule has 1 aliphatic rings. The Morgan fingerprint density at radius 3 is 2.67 bits per heavy atom. The van der Waals surface area contributed by atoms with E-state index in [-0.39, 0.29) is 0 Å². The molecule has 0 radical (unpaired) electrons. The third-order valence-electron chi connectivity index (χ3n) is 2.21. The van der Waals surface area contributed by atoms with Gasteiger partial charge in [0.05, 0.1) is 17.3 Å². The molecule has 0 N–H and O–H groups in total. The molecule has 0 atom stereocenters. The van der Waals surface area contributed by atoms with Crippen LogP contribution in [-0.4, -0.2) is 29.4 Å². The highest BCUT2D eigenvalue weighted by Crippen LogP contribution is 2.21. The average Bonchev–Trinajstić information content (AvgIpc) is 2.66. The number of amidine groups is 1. The van der Waals surface area contributed by atoms with Crippen LogP contribution in [-0.2, 0) is 0 Å². The molecule has 0 bridgehead atoms. The minimum absolute atomic E-state index is 0.673. The molecule has 0 unspecified atom stereocenters. The van der Waals surface area contributed by atoms with Gasteiger partial charge in [0.2, 0.25) is 0 Å². The van der Waals surface area contributed by atoms with Crippen molar-refractivity contribution < 1.29 is 0 Å². The Labute approximate surface area is 93.4 Å². The van der Waals surface area contributed by atoms with Gasteiger partial charge in [-0.3, -0.25) is 0 Å². The molecule has 4 heteroatoms. The third-order valence-corrected chi connectivity index (χ3v) is 3.25. The highest BCUT2D eigenvalue weighted by atomic mass is 32.2. The Kier molecular flexibility index (Phi) is 2.93. The lowest BCUT2D eigenvalue weighted by Gasteiger charge is -2.09. The van der Waals surface area contributed by atoms with E-state index in [1.807, 2.05) is 19.2 Å². The van der Waals surface area contributed by atoms with Gasteiger partial charge in [-0.05, 0) is 24.3 Å². The Hall–Kier alpha value is -1.47. The van der Waals surface area contributed by atoms with Gasteiger partial charge in [0.15, 0.2) is 5.17 Å². The number of hydrogen-bond acceptors (Lipinski definition) is 3. The summed E-state index contributed by atoms with van der Waals surface area (Å²) in [4.78, 5) is 6.65. The van der Waals surface area contributed by atoms with Crippen LogP contribution in [0.15, 0.2) is 29.3 Å². The molecule has 1 aliphatic heterocycles. The molecule has 15 heavy (non-hydrogen) atoms. The Morgan fingerprint density at radius 2 is 2.13 bits per heavy atom. The van der Waals surface area contributed by atoms with E-state index in [0.29, 0.717) is 5.56 Å². The van der Waals surface area contributed by atoms with E-state index >= 15 is 0 Å². The van der Waals surface area contributed by atoms with E-state index < -0.39 is 0 Å². The van der Waals surface area contributed by atoms with E-state index in [1.54, 1.807) is 23.9 Å². The zero-order chi connectivity index (χ0) is 10.7. The summed E-state index contributed by atoms with van der Waals surface area (Å²) >= 11 is 1.77. The van der Waals surface area contributed by atoms with Gasteiger partial charge in [0.25, 0.3) is 0 Å². The summed E-state index contributed by atoms with van der Waals surface area (Å²) in [6.45, 7) is 1.06. The van der Waals surface area contributed by atoms with E-state index in [4.69, 9.17) is 5.26 Å². The summed E-state index contributed by atoms with van der Waals surface area (Å²) in [6, 6.07) is 9.42. The number of thioether (sulfide) groups is 1. The van der Waals surface area contributed by atoms with Gasteiger partial charge in [-0.25, -0.2) is 4.99 Å². The van der Waals surface area contributed by atoms with Crippen LogP contribution in [0.2, 0.25) is 0 Å². The summed E-state index contributed by atoms with van der Waals surface area (Å²) in [7, 11) is 2.04. The van der Waals surface area contributed by atoms with Crippen molar-refractivity contribution in [1.82, 2.24) is 4.90 Å². The van der Waals surface area contributed by atoms with E-state index in [9.17, 15) is 0 Å². The monoisotopic (exact) mass is 217 g/mol. The van der Waals surface area contributed by atoms with Gasteiger partial charge in [0.1, 0.15) is 0 Å². The van der Waals surface area contributed by atoms with Gasteiger partial charge in [-0.15, -0.1) is 0 Å². The quantitative estimate of drug-likeness (QED) is 0.724. The first-order chi connectivity index (χ1) is 7.29. The number of benzene rings is 1. The fourth-order valence-corrected chi connectivity index (χ4v) is 2.35. The number of nitriles is 1. The Morgan fingerprint density at radius 1 is 1.40 bits per heavy atom. The zero-order valence-corrected chi connectivity index (χ0v) is 9.29. The van der Waals surface area contributed by atoms with Crippen molar-refractivity contribution in [3.05, 3.63) is 29.8 Å². The lowest BCUT2D eigenvalue weighted by Crippen LogP contribution is -2.17. The molecule has 3 nitrogen and oxygen atoms in total. The first-order valence-electron chi connectivity index (χ1n) is 4.72. The van der Waals surface area contributed by atoms with Crippen LogP contribution in [0.1, 0.15) is 5.56 Å². The van der Waals surface area contributed by atoms with Crippen LogP contribution in [0.3, 0.4) is 0 Å². The molecule has 0 aromatic heterocycles. The minimum atomic E-state index is 0.673. The van der Waals surface area contributed by atoms with Gasteiger partial charge in [-0.1, -0.05) is 11.8 Å². The average molecular weight is 217 g/mol. The van der Waals surface area contributed by atoms with Crippen molar-refractivity contribution in [2.75, 3.05) is 19.3 Å². The van der Waals surface area contributed by atoms with Crippen molar-refractivity contribution in [2.24, 2.45) is 4.99 Å². The van der Waals surface area contributed by atoms with Crippen LogP contribution < -0.4 is 0 Å². The molecular weight excluding hydrogens is 206 g/mol. The van der Waals surface area contributed by atoms with Crippen LogP contribution in [0.25, 0.3) is 0 Å². The maximum atomic E-state index is 8.66. The molecule has 1 fully saturated rings. The van der Waals surface area contributed by atoms with E-state index in [0.717, 1.165) is 23.2 Å². The zero-order valence-electron chi connectivity index (χ0n) is 8.47. The molecule has 0 amide bonds. The lowest BCUT2D eigenvalue weighted by molar-refractivity contribution is 0.563. The van der Waals surface area contributed by atoms with Gasteiger partial charge in [-0.2, -0.15) is 5.26 Å².